The summed E-state index contributed by atoms with van der Waals surface area (Å²) in [5, 5.41) is 25.2. The van der Waals surface area contributed by atoms with Gasteiger partial charge in [0.2, 0.25) is 0 Å². The van der Waals surface area contributed by atoms with Crippen LogP contribution in [0.2, 0.25) is 0 Å². The van der Waals surface area contributed by atoms with E-state index in [4.69, 9.17) is 14.9 Å². The first-order chi connectivity index (χ1) is 21.6. The molecule has 1 unspecified atom stereocenters. The predicted molar refractivity (Wildman–Crippen MR) is 163 cm³/mol. The third-order valence-electron chi connectivity index (χ3n) is 7.69. The Labute approximate surface area is 253 Å². The van der Waals surface area contributed by atoms with Crippen LogP contribution in [0.3, 0.4) is 0 Å². The molecular formula is C31H26N6O8. The molecule has 2 aliphatic heterocycles. The molecule has 0 radical (unpaired) electrons. The van der Waals surface area contributed by atoms with E-state index in [0.29, 0.717) is 33.8 Å². The number of amides is 2. The highest BCUT2D eigenvalue weighted by Gasteiger charge is 2.42. The van der Waals surface area contributed by atoms with Gasteiger partial charge in [0.15, 0.2) is 6.79 Å². The number of aromatic amines is 2. The molecule has 228 valence electrons. The number of ether oxygens (including phenoxy) is 1. The van der Waals surface area contributed by atoms with Crippen LogP contribution in [-0.2, 0) is 9.59 Å². The molecule has 0 aliphatic carbocycles. The monoisotopic (exact) mass is 610 g/mol. The Morgan fingerprint density at radius 2 is 1.69 bits per heavy atom. The lowest BCUT2D eigenvalue weighted by Crippen LogP contribution is -2.49. The molecule has 14 heteroatoms. The fraction of sp³-hybridized carbons (Fsp3) is 0.129. The van der Waals surface area contributed by atoms with Crippen molar-refractivity contribution in [1.82, 2.24) is 25.5 Å². The first-order valence-corrected chi connectivity index (χ1v) is 13.6. The maximum atomic E-state index is 13.3. The Bertz CT molecular complexity index is 2100. The molecule has 4 heterocycles. The van der Waals surface area contributed by atoms with Gasteiger partial charge in [-0.1, -0.05) is 6.08 Å². The molecule has 2 aromatic heterocycles. The van der Waals surface area contributed by atoms with Crippen LogP contribution in [0.4, 0.5) is 5.69 Å². The molecule has 6 N–H and O–H groups in total. The highest BCUT2D eigenvalue weighted by Crippen LogP contribution is 2.31. The fourth-order valence-corrected chi connectivity index (χ4v) is 5.40. The summed E-state index contributed by atoms with van der Waals surface area (Å²) in [4.78, 5) is 66.4. The highest BCUT2D eigenvalue weighted by atomic mass is 16.6. The number of hydrazine groups is 1. The summed E-state index contributed by atoms with van der Waals surface area (Å²) in [5.41, 5.74) is 4.84. The van der Waals surface area contributed by atoms with Crippen molar-refractivity contribution in [2.75, 3.05) is 11.8 Å². The summed E-state index contributed by atoms with van der Waals surface area (Å²) in [5.74, 6) is -1.46. The molecule has 4 aromatic rings. The number of allylic oxidation sites excluding steroid dienone is 2. The van der Waals surface area contributed by atoms with Gasteiger partial charge in [-0.2, -0.15) is 5.43 Å². The summed E-state index contributed by atoms with van der Waals surface area (Å²) in [6, 6.07) is 12.2. The van der Waals surface area contributed by atoms with E-state index in [-0.39, 0.29) is 33.6 Å². The van der Waals surface area contributed by atoms with Crippen LogP contribution in [0, 0.1) is 6.92 Å². The smallest absolute Gasteiger partial charge is 0.335 e. The minimum atomic E-state index is -1.10. The minimum Gasteiger partial charge on any atom is -0.478 e. The lowest BCUT2D eigenvalue weighted by atomic mass is 9.94. The molecule has 1 atom stereocenters. The average molecular weight is 611 g/mol. The van der Waals surface area contributed by atoms with E-state index in [0.717, 1.165) is 0 Å². The van der Waals surface area contributed by atoms with Crippen LogP contribution in [0.15, 0.2) is 87.0 Å². The van der Waals surface area contributed by atoms with E-state index in [2.05, 4.69) is 20.8 Å². The number of hydrogen-bond acceptors (Lipinski definition) is 8. The number of anilines is 1. The maximum Gasteiger partial charge on any atom is 0.335 e. The van der Waals surface area contributed by atoms with Gasteiger partial charge in [0.1, 0.15) is 17.6 Å². The zero-order chi connectivity index (χ0) is 32.0. The summed E-state index contributed by atoms with van der Waals surface area (Å²) >= 11 is 0. The number of hydrogen-bond donors (Lipinski definition) is 6. The normalized spacial score (nSPS) is 17.4. The SMILES string of the molecule is CC1=C2C(=O)N(c3ccc(OCO)cc3)NC2NC(=O)C1=CC=Cc1c(C)c2c(=O)n(-c3ccc(C(=O)O)cc3)[nH]c2[nH]c1=O. The minimum absolute atomic E-state index is 0.0631. The van der Waals surface area contributed by atoms with Crippen LogP contribution in [0.1, 0.15) is 28.4 Å². The third kappa shape index (κ3) is 5.03. The molecule has 0 bridgehead atoms. The Morgan fingerprint density at radius 3 is 2.36 bits per heavy atom. The Balaban J connectivity index is 1.30. The first kappa shape index (κ1) is 29.1. The third-order valence-corrected chi connectivity index (χ3v) is 7.69. The topological polar surface area (TPSA) is 199 Å². The number of nitrogens with zero attached hydrogens (tertiary/aromatic N) is 2. The number of aliphatic hydroxyl groups is 1. The second-order valence-electron chi connectivity index (χ2n) is 10.3. The van der Waals surface area contributed by atoms with E-state index < -0.39 is 36.0 Å². The van der Waals surface area contributed by atoms with Crippen LogP contribution < -0.4 is 31.6 Å². The van der Waals surface area contributed by atoms with Crippen LogP contribution in [0.25, 0.3) is 22.8 Å². The molecule has 45 heavy (non-hydrogen) atoms. The number of carbonyl (C=O) groups excluding carboxylic acids is 2. The van der Waals surface area contributed by atoms with Crippen molar-refractivity contribution in [2.45, 2.75) is 20.0 Å². The lowest BCUT2D eigenvalue weighted by Gasteiger charge is -2.22. The highest BCUT2D eigenvalue weighted by molar-refractivity contribution is 6.14. The molecule has 1 saturated heterocycles. The summed E-state index contributed by atoms with van der Waals surface area (Å²) in [6.07, 6.45) is 3.73. The number of rotatable bonds is 7. The number of H-pyrrole nitrogens is 2. The van der Waals surface area contributed by atoms with Gasteiger partial charge in [-0.15, -0.1) is 0 Å². The van der Waals surface area contributed by atoms with Gasteiger partial charge in [-0.05, 0) is 85.7 Å². The van der Waals surface area contributed by atoms with Crippen LogP contribution >= 0.6 is 0 Å². The zero-order valence-corrected chi connectivity index (χ0v) is 23.9. The van der Waals surface area contributed by atoms with E-state index in [1.54, 1.807) is 38.1 Å². The number of carbonyl (C=O) groups is 3. The first-order valence-electron chi connectivity index (χ1n) is 13.6. The molecule has 2 aromatic carbocycles. The molecule has 14 nitrogen and oxygen atoms in total. The summed E-state index contributed by atoms with van der Waals surface area (Å²) < 4.78 is 6.23. The zero-order valence-electron chi connectivity index (χ0n) is 23.9. The van der Waals surface area contributed by atoms with Gasteiger partial charge in [0.25, 0.3) is 22.9 Å². The van der Waals surface area contributed by atoms with Crippen molar-refractivity contribution in [3.8, 4) is 11.4 Å². The average Bonchev–Trinajstić information content (AvgIpc) is 3.52. The van der Waals surface area contributed by atoms with E-state index in [1.807, 2.05) is 0 Å². The second-order valence-corrected chi connectivity index (χ2v) is 10.3. The van der Waals surface area contributed by atoms with Gasteiger partial charge in [-0.25, -0.2) is 14.5 Å². The van der Waals surface area contributed by atoms with Gasteiger partial charge in [0.05, 0.1) is 27.9 Å². The molecular weight excluding hydrogens is 584 g/mol. The van der Waals surface area contributed by atoms with Gasteiger partial charge in [-0.3, -0.25) is 24.3 Å². The quantitative estimate of drug-likeness (QED) is 0.133. The summed E-state index contributed by atoms with van der Waals surface area (Å²) in [6.45, 7) is 2.81. The van der Waals surface area contributed by atoms with Gasteiger partial charge >= 0.3 is 5.97 Å². The lowest BCUT2D eigenvalue weighted by molar-refractivity contribution is -0.118. The fourth-order valence-electron chi connectivity index (χ4n) is 5.40. The van der Waals surface area contributed by atoms with Gasteiger partial charge < -0.3 is 25.3 Å². The van der Waals surface area contributed by atoms with Crippen LogP contribution in [-0.4, -0.2) is 55.7 Å². The molecule has 2 amide bonds. The van der Waals surface area contributed by atoms with Crippen molar-refractivity contribution in [1.29, 1.82) is 0 Å². The number of carboxylic acids is 1. The van der Waals surface area contributed by atoms with Gasteiger partial charge in [0, 0.05) is 11.1 Å². The Morgan fingerprint density at radius 1 is 1.00 bits per heavy atom. The number of pyridine rings is 1. The number of aryl methyl sites for hydroxylation is 1. The second kappa shape index (κ2) is 11.3. The number of nitrogens with one attached hydrogen (secondary N) is 4. The van der Waals surface area contributed by atoms with E-state index in [1.165, 1.54) is 52.2 Å². The van der Waals surface area contributed by atoms with Crippen molar-refractivity contribution in [3.63, 3.8) is 0 Å². The number of fused-ring (bicyclic) bond motifs is 2. The molecule has 1 fully saturated rings. The number of aromatic nitrogens is 3. The predicted octanol–water partition coefficient (Wildman–Crippen LogP) is 1.61. The number of aliphatic hydroxyl groups excluding tert-OH is 1. The summed E-state index contributed by atoms with van der Waals surface area (Å²) in [7, 11) is 0. The molecule has 0 saturated carbocycles. The van der Waals surface area contributed by atoms with Crippen molar-refractivity contribution in [3.05, 3.63) is 115 Å². The molecule has 0 spiro atoms. The number of aromatic carboxylic acids is 1. The largest absolute Gasteiger partial charge is 0.478 e. The molecule has 6 rings (SSSR count). The standard InChI is InChI=1S/C31H26N6O8/c1-15-21(27(39)32-25-23(15)29(41)36(34-25)18-8-6-17(7-9-18)31(43)44)4-3-5-22-16(2)24-26(33-28(22)40)35-37(30(24)42)19-10-12-20(13-11-19)45-14-38/h3-13,26,35,38H,14H2,1-2H3,(H,33,40)(H,43,44)(H2,32,34,39). The van der Waals surface area contributed by atoms with Crippen molar-refractivity contribution < 1.29 is 29.3 Å². The van der Waals surface area contributed by atoms with E-state index in [9.17, 15) is 24.0 Å². The van der Waals surface area contributed by atoms with Crippen molar-refractivity contribution >= 4 is 40.6 Å². The molecule has 2 aliphatic rings. The Kier molecular flexibility index (Phi) is 7.28. The van der Waals surface area contributed by atoms with E-state index >= 15 is 0 Å². The van der Waals surface area contributed by atoms with Crippen LogP contribution in [0.5, 0.6) is 5.75 Å². The number of carboxylic acid groups (broad SMARTS) is 1. The van der Waals surface area contributed by atoms with Crippen molar-refractivity contribution in [2.24, 2.45) is 0 Å². The maximum absolute atomic E-state index is 13.3. The Hall–Kier alpha value is -5.99. The number of benzene rings is 2.